The van der Waals surface area contributed by atoms with Crippen LogP contribution >= 0.6 is 12.2 Å². The Morgan fingerprint density at radius 2 is 1.70 bits per heavy atom. The Morgan fingerprint density at radius 3 is 2.33 bits per heavy atom. The minimum atomic E-state index is -0.711. The fourth-order valence-electron chi connectivity index (χ4n) is 3.62. The van der Waals surface area contributed by atoms with Gasteiger partial charge in [-0.15, -0.1) is 0 Å². The Balaban J connectivity index is 2.12. The van der Waals surface area contributed by atoms with Gasteiger partial charge in [0.2, 0.25) is 0 Å². The standard InChI is InChI=1S/C24H26N2O6S/c1-15-20(23(28)32-14-13-29-2)21(18-7-5-6-8-19(18)22(27)31-4)25-24(33)26(15)16-9-11-17(30-3)12-10-16/h5-12,21H,13-14H2,1-4H3,(H,25,33). The molecule has 2 aromatic carbocycles. The highest BCUT2D eigenvalue weighted by Crippen LogP contribution is 2.36. The normalized spacial score (nSPS) is 15.7. The van der Waals surface area contributed by atoms with Gasteiger partial charge in [-0.25, -0.2) is 9.59 Å². The third-order valence-electron chi connectivity index (χ3n) is 5.23. The molecule has 0 aromatic heterocycles. The maximum absolute atomic E-state index is 13.2. The number of benzene rings is 2. The number of carbonyl (C=O) groups excluding carboxylic acids is 2. The van der Waals surface area contributed by atoms with Crippen LogP contribution in [0.25, 0.3) is 0 Å². The van der Waals surface area contributed by atoms with Gasteiger partial charge in [0.25, 0.3) is 0 Å². The summed E-state index contributed by atoms with van der Waals surface area (Å²) >= 11 is 5.67. The number of anilines is 1. The summed E-state index contributed by atoms with van der Waals surface area (Å²) in [5.74, 6) is -0.358. The molecule has 3 rings (SSSR count). The van der Waals surface area contributed by atoms with Crippen molar-refractivity contribution in [3.8, 4) is 5.75 Å². The van der Waals surface area contributed by atoms with Crippen molar-refractivity contribution >= 4 is 35.0 Å². The largest absolute Gasteiger partial charge is 0.497 e. The van der Waals surface area contributed by atoms with Gasteiger partial charge in [0.05, 0.1) is 38.0 Å². The van der Waals surface area contributed by atoms with Gasteiger partial charge in [-0.1, -0.05) is 18.2 Å². The fraction of sp³-hybridized carbons (Fsp3) is 0.292. The molecule has 8 nitrogen and oxygen atoms in total. The number of thiocarbonyl (C=S) groups is 1. The second-order valence-corrected chi connectivity index (χ2v) is 7.51. The summed E-state index contributed by atoms with van der Waals surface area (Å²) in [6, 6.07) is 13.5. The summed E-state index contributed by atoms with van der Waals surface area (Å²) in [5, 5.41) is 3.58. The molecule has 1 N–H and O–H groups in total. The molecular weight excluding hydrogens is 444 g/mol. The summed E-state index contributed by atoms with van der Waals surface area (Å²) in [6.07, 6.45) is 0. The number of nitrogens with zero attached hydrogens (tertiary/aromatic N) is 1. The van der Waals surface area contributed by atoms with Crippen LogP contribution in [-0.2, 0) is 19.0 Å². The summed E-state index contributed by atoms with van der Waals surface area (Å²) < 4.78 is 20.6. The molecule has 9 heteroatoms. The van der Waals surface area contributed by atoms with Crippen LogP contribution in [0.2, 0.25) is 0 Å². The van der Waals surface area contributed by atoms with E-state index in [-0.39, 0.29) is 13.2 Å². The van der Waals surface area contributed by atoms with Gasteiger partial charge in [0, 0.05) is 18.5 Å². The number of allylic oxidation sites excluding steroid dienone is 1. The molecule has 0 radical (unpaired) electrons. The Bertz CT molecular complexity index is 1070. The van der Waals surface area contributed by atoms with Crippen molar-refractivity contribution in [2.75, 3.05) is 39.4 Å². The minimum Gasteiger partial charge on any atom is -0.497 e. The second-order valence-electron chi connectivity index (χ2n) is 7.12. The lowest BCUT2D eigenvalue weighted by atomic mass is 9.91. The van der Waals surface area contributed by atoms with Crippen LogP contribution in [0, 0.1) is 0 Å². The number of methoxy groups -OCH3 is 3. The van der Waals surface area contributed by atoms with E-state index in [4.69, 9.17) is 31.2 Å². The smallest absolute Gasteiger partial charge is 0.338 e. The first-order valence-corrected chi connectivity index (χ1v) is 10.6. The second kappa shape index (κ2) is 10.9. The maximum atomic E-state index is 13.2. The third kappa shape index (κ3) is 5.15. The SMILES string of the molecule is COCCOC(=O)C1=C(C)N(c2ccc(OC)cc2)C(=S)NC1c1ccccc1C(=O)OC. The van der Waals surface area contributed by atoms with Gasteiger partial charge >= 0.3 is 11.9 Å². The topological polar surface area (TPSA) is 86.3 Å². The average Bonchev–Trinajstić information content (AvgIpc) is 2.83. The molecule has 0 spiro atoms. The van der Waals surface area contributed by atoms with E-state index in [0.29, 0.717) is 33.3 Å². The lowest BCUT2D eigenvalue weighted by Crippen LogP contribution is -2.48. The first kappa shape index (κ1) is 24.2. The summed E-state index contributed by atoms with van der Waals surface area (Å²) in [7, 11) is 4.43. The molecule has 0 saturated heterocycles. The molecule has 1 unspecified atom stereocenters. The van der Waals surface area contributed by atoms with E-state index in [9.17, 15) is 9.59 Å². The molecule has 0 fully saturated rings. The molecule has 0 aliphatic carbocycles. The van der Waals surface area contributed by atoms with Crippen molar-refractivity contribution in [3.05, 3.63) is 70.9 Å². The lowest BCUT2D eigenvalue weighted by Gasteiger charge is -2.38. The Labute approximate surface area is 198 Å². The minimum absolute atomic E-state index is 0.0878. The molecule has 2 aromatic rings. The summed E-state index contributed by atoms with van der Waals surface area (Å²) in [6.45, 7) is 2.14. The van der Waals surface area contributed by atoms with Crippen LogP contribution in [0.5, 0.6) is 5.75 Å². The maximum Gasteiger partial charge on any atom is 0.338 e. The van der Waals surface area contributed by atoms with Gasteiger partial charge < -0.3 is 24.3 Å². The highest BCUT2D eigenvalue weighted by Gasteiger charge is 2.37. The van der Waals surface area contributed by atoms with Gasteiger partial charge in [-0.05, 0) is 55.0 Å². The number of carbonyl (C=O) groups is 2. The highest BCUT2D eigenvalue weighted by atomic mass is 32.1. The Hall–Kier alpha value is -3.43. The molecule has 174 valence electrons. The third-order valence-corrected chi connectivity index (χ3v) is 5.53. The van der Waals surface area contributed by atoms with Crippen LogP contribution in [0.3, 0.4) is 0 Å². The van der Waals surface area contributed by atoms with E-state index >= 15 is 0 Å². The molecule has 0 amide bonds. The van der Waals surface area contributed by atoms with E-state index in [0.717, 1.165) is 5.69 Å². The van der Waals surface area contributed by atoms with Gasteiger partial charge in [0.15, 0.2) is 5.11 Å². The number of ether oxygens (including phenoxy) is 4. The Morgan fingerprint density at radius 1 is 1.00 bits per heavy atom. The number of hydrogen-bond donors (Lipinski definition) is 1. The Kier molecular flexibility index (Phi) is 8.02. The summed E-state index contributed by atoms with van der Waals surface area (Å²) in [5.41, 5.74) is 2.53. The molecule has 1 aliphatic rings. The quantitative estimate of drug-likeness (QED) is 0.354. The zero-order valence-electron chi connectivity index (χ0n) is 18.9. The van der Waals surface area contributed by atoms with E-state index in [2.05, 4.69) is 5.32 Å². The number of nitrogens with one attached hydrogen (secondary N) is 1. The molecule has 0 saturated carbocycles. The van der Waals surface area contributed by atoms with Gasteiger partial charge in [-0.2, -0.15) is 0 Å². The molecule has 1 heterocycles. The molecule has 0 bridgehead atoms. The van der Waals surface area contributed by atoms with Crippen molar-refractivity contribution in [1.29, 1.82) is 0 Å². The first-order valence-electron chi connectivity index (χ1n) is 10.2. The van der Waals surface area contributed by atoms with Gasteiger partial charge in [-0.3, -0.25) is 4.90 Å². The van der Waals surface area contributed by atoms with E-state index < -0.39 is 18.0 Å². The molecule has 1 aliphatic heterocycles. The van der Waals surface area contributed by atoms with Crippen molar-refractivity contribution in [2.45, 2.75) is 13.0 Å². The van der Waals surface area contributed by atoms with Crippen molar-refractivity contribution < 1.29 is 28.5 Å². The zero-order chi connectivity index (χ0) is 24.0. The van der Waals surface area contributed by atoms with Crippen molar-refractivity contribution in [3.63, 3.8) is 0 Å². The average molecular weight is 471 g/mol. The molecule has 1 atom stereocenters. The number of rotatable bonds is 8. The molecular formula is C24H26N2O6S. The van der Waals surface area contributed by atoms with Gasteiger partial charge in [0.1, 0.15) is 12.4 Å². The predicted molar refractivity (Wildman–Crippen MR) is 127 cm³/mol. The van der Waals surface area contributed by atoms with E-state index in [1.807, 2.05) is 12.1 Å². The van der Waals surface area contributed by atoms with Crippen LogP contribution < -0.4 is 15.0 Å². The molecule has 33 heavy (non-hydrogen) atoms. The van der Waals surface area contributed by atoms with Crippen LogP contribution in [0.15, 0.2) is 59.8 Å². The monoisotopic (exact) mass is 470 g/mol. The fourth-order valence-corrected chi connectivity index (χ4v) is 3.98. The van der Waals surface area contributed by atoms with Crippen LogP contribution in [0.1, 0.15) is 28.9 Å². The lowest BCUT2D eigenvalue weighted by molar-refractivity contribution is -0.140. The van der Waals surface area contributed by atoms with Crippen molar-refractivity contribution in [1.82, 2.24) is 5.32 Å². The van der Waals surface area contributed by atoms with E-state index in [1.165, 1.54) is 14.2 Å². The van der Waals surface area contributed by atoms with Crippen LogP contribution in [0.4, 0.5) is 5.69 Å². The first-order chi connectivity index (χ1) is 15.9. The summed E-state index contributed by atoms with van der Waals surface area (Å²) in [4.78, 5) is 27.4. The number of hydrogen-bond acceptors (Lipinski definition) is 7. The van der Waals surface area contributed by atoms with Crippen LogP contribution in [-0.4, -0.2) is 51.6 Å². The number of esters is 2. The highest BCUT2D eigenvalue weighted by molar-refractivity contribution is 7.80. The van der Waals surface area contributed by atoms with E-state index in [1.54, 1.807) is 55.3 Å². The predicted octanol–water partition coefficient (Wildman–Crippen LogP) is 3.38. The van der Waals surface area contributed by atoms with Crippen molar-refractivity contribution in [2.24, 2.45) is 0 Å². The zero-order valence-corrected chi connectivity index (χ0v) is 19.7.